The van der Waals surface area contributed by atoms with Crippen LogP contribution in [0.2, 0.25) is 0 Å². The molecular weight excluding hydrogens is 300 g/mol. The summed E-state index contributed by atoms with van der Waals surface area (Å²) in [6, 6.07) is 6.79. The van der Waals surface area contributed by atoms with Crippen molar-refractivity contribution in [1.29, 1.82) is 0 Å². The molecule has 2 atom stereocenters. The van der Waals surface area contributed by atoms with Crippen molar-refractivity contribution in [2.45, 2.75) is 32.1 Å². The molecule has 0 aromatic heterocycles. The molecule has 1 N–H and O–H groups in total. The number of piperidine rings is 1. The van der Waals surface area contributed by atoms with E-state index in [0.29, 0.717) is 0 Å². The highest BCUT2D eigenvalue weighted by atomic mass is 79.9. The summed E-state index contributed by atoms with van der Waals surface area (Å²) in [6.45, 7) is 7.01. The van der Waals surface area contributed by atoms with E-state index in [9.17, 15) is 0 Å². The van der Waals surface area contributed by atoms with Gasteiger partial charge in [-0.15, -0.1) is 0 Å². The number of likely N-dealkylation sites (N-methyl/N-ethyl adjacent to an activating group) is 1. The van der Waals surface area contributed by atoms with Gasteiger partial charge in [0.15, 0.2) is 0 Å². The molecule has 0 spiro atoms. The Labute approximate surface area is 124 Å². The number of nitrogens with zero attached hydrogens (tertiary/aromatic N) is 1. The molecule has 104 valence electrons. The van der Waals surface area contributed by atoms with E-state index < -0.39 is 0 Å². The first-order valence-corrected chi connectivity index (χ1v) is 8.32. The highest BCUT2D eigenvalue weighted by Gasteiger charge is 2.30. The van der Waals surface area contributed by atoms with Crippen LogP contribution in [-0.4, -0.2) is 26.2 Å². The fraction of sp³-hybridized carbons (Fsp3) is 0.625. The SMILES string of the molecule is CCN1CC(CC2CCCNC2)c2cc(Br)ccc21. The molecule has 2 aliphatic heterocycles. The summed E-state index contributed by atoms with van der Waals surface area (Å²) in [7, 11) is 0. The molecule has 0 bridgehead atoms. The van der Waals surface area contributed by atoms with Crippen LogP contribution in [0.4, 0.5) is 5.69 Å². The monoisotopic (exact) mass is 322 g/mol. The van der Waals surface area contributed by atoms with Crippen LogP contribution in [0.1, 0.15) is 37.7 Å². The zero-order valence-electron chi connectivity index (χ0n) is 11.7. The molecule has 1 saturated heterocycles. The highest BCUT2D eigenvalue weighted by Crippen LogP contribution is 2.41. The predicted octanol–water partition coefficient (Wildman–Crippen LogP) is 3.76. The lowest BCUT2D eigenvalue weighted by molar-refractivity contribution is 0.338. The van der Waals surface area contributed by atoms with E-state index in [1.54, 1.807) is 5.56 Å². The first-order chi connectivity index (χ1) is 9.28. The summed E-state index contributed by atoms with van der Waals surface area (Å²) in [5.74, 6) is 1.58. The van der Waals surface area contributed by atoms with Crippen molar-refractivity contribution in [1.82, 2.24) is 5.32 Å². The lowest BCUT2D eigenvalue weighted by Crippen LogP contribution is -2.31. The molecule has 1 aromatic carbocycles. The Bertz CT molecular complexity index is 440. The van der Waals surface area contributed by atoms with Gasteiger partial charge in [0.1, 0.15) is 0 Å². The van der Waals surface area contributed by atoms with Crippen molar-refractivity contribution in [2.24, 2.45) is 5.92 Å². The molecule has 3 heteroatoms. The lowest BCUT2D eigenvalue weighted by Gasteiger charge is -2.25. The van der Waals surface area contributed by atoms with Gasteiger partial charge in [-0.05, 0) is 69.0 Å². The van der Waals surface area contributed by atoms with Crippen LogP contribution in [0.3, 0.4) is 0 Å². The van der Waals surface area contributed by atoms with Crippen molar-refractivity contribution < 1.29 is 0 Å². The number of anilines is 1. The van der Waals surface area contributed by atoms with E-state index in [-0.39, 0.29) is 0 Å². The zero-order valence-corrected chi connectivity index (χ0v) is 13.2. The van der Waals surface area contributed by atoms with Crippen LogP contribution in [-0.2, 0) is 0 Å². The molecule has 1 fully saturated rings. The molecule has 1 aromatic rings. The molecule has 3 rings (SSSR count). The van der Waals surface area contributed by atoms with Gasteiger partial charge >= 0.3 is 0 Å². The third-order valence-electron chi connectivity index (χ3n) is 4.61. The molecule has 2 nitrogen and oxygen atoms in total. The second-order valence-corrected chi connectivity index (χ2v) is 6.80. The van der Waals surface area contributed by atoms with Crippen LogP contribution in [0.5, 0.6) is 0 Å². The summed E-state index contributed by atoms with van der Waals surface area (Å²) in [4.78, 5) is 2.53. The summed E-state index contributed by atoms with van der Waals surface area (Å²) in [6.07, 6.45) is 4.09. The molecular formula is C16H23BrN2. The smallest absolute Gasteiger partial charge is 0.0403 e. The van der Waals surface area contributed by atoms with Crippen LogP contribution in [0.15, 0.2) is 22.7 Å². The fourth-order valence-electron chi connectivity index (χ4n) is 3.63. The number of halogens is 1. The van der Waals surface area contributed by atoms with E-state index in [0.717, 1.165) is 18.4 Å². The Morgan fingerprint density at radius 2 is 2.32 bits per heavy atom. The molecule has 2 unspecified atom stereocenters. The zero-order chi connectivity index (χ0) is 13.2. The van der Waals surface area contributed by atoms with Gasteiger partial charge in [-0.25, -0.2) is 0 Å². The van der Waals surface area contributed by atoms with Gasteiger partial charge in [0.2, 0.25) is 0 Å². The van der Waals surface area contributed by atoms with Crippen molar-refractivity contribution in [3.63, 3.8) is 0 Å². The van der Waals surface area contributed by atoms with Gasteiger partial charge in [-0.2, -0.15) is 0 Å². The molecule has 0 aliphatic carbocycles. The largest absolute Gasteiger partial charge is 0.371 e. The van der Waals surface area contributed by atoms with Gasteiger partial charge in [0.05, 0.1) is 0 Å². The normalized spacial score (nSPS) is 26.5. The van der Waals surface area contributed by atoms with Gasteiger partial charge in [0.25, 0.3) is 0 Å². The van der Waals surface area contributed by atoms with E-state index in [4.69, 9.17) is 0 Å². The number of nitrogens with one attached hydrogen (secondary N) is 1. The molecule has 0 saturated carbocycles. The van der Waals surface area contributed by atoms with Gasteiger partial charge in [-0.1, -0.05) is 15.9 Å². The van der Waals surface area contributed by atoms with E-state index in [2.05, 4.69) is 51.3 Å². The van der Waals surface area contributed by atoms with Crippen molar-refractivity contribution in [3.8, 4) is 0 Å². The Kier molecular flexibility index (Phi) is 4.13. The fourth-order valence-corrected chi connectivity index (χ4v) is 4.01. The van der Waals surface area contributed by atoms with Crippen LogP contribution in [0, 0.1) is 5.92 Å². The first kappa shape index (κ1) is 13.4. The number of benzene rings is 1. The quantitative estimate of drug-likeness (QED) is 0.911. The molecule has 2 aliphatic rings. The highest BCUT2D eigenvalue weighted by molar-refractivity contribution is 9.10. The maximum absolute atomic E-state index is 3.63. The Balaban J connectivity index is 1.78. The Hall–Kier alpha value is -0.540. The second kappa shape index (κ2) is 5.84. The maximum atomic E-state index is 3.63. The minimum atomic E-state index is 0.720. The lowest BCUT2D eigenvalue weighted by atomic mass is 9.86. The average molecular weight is 323 g/mol. The topological polar surface area (TPSA) is 15.3 Å². The summed E-state index contributed by atoms with van der Waals surface area (Å²) < 4.78 is 1.22. The van der Waals surface area contributed by atoms with E-state index in [1.807, 2.05) is 0 Å². The average Bonchev–Trinajstić information content (AvgIpc) is 2.77. The summed E-state index contributed by atoms with van der Waals surface area (Å²) in [5, 5.41) is 3.55. The van der Waals surface area contributed by atoms with E-state index >= 15 is 0 Å². The van der Waals surface area contributed by atoms with Gasteiger partial charge in [-0.3, -0.25) is 0 Å². The van der Waals surface area contributed by atoms with Crippen molar-refractivity contribution >= 4 is 21.6 Å². The number of hydrogen-bond acceptors (Lipinski definition) is 2. The van der Waals surface area contributed by atoms with Crippen molar-refractivity contribution in [2.75, 3.05) is 31.1 Å². The summed E-state index contributed by atoms with van der Waals surface area (Å²) in [5.41, 5.74) is 3.02. The Morgan fingerprint density at radius 3 is 3.05 bits per heavy atom. The molecule has 0 amide bonds. The van der Waals surface area contributed by atoms with Gasteiger partial charge < -0.3 is 10.2 Å². The molecule has 0 radical (unpaired) electrons. The summed E-state index contributed by atoms with van der Waals surface area (Å²) >= 11 is 3.63. The van der Waals surface area contributed by atoms with Crippen LogP contribution in [0.25, 0.3) is 0 Å². The third kappa shape index (κ3) is 2.82. The number of hydrogen-bond donors (Lipinski definition) is 1. The predicted molar refractivity (Wildman–Crippen MR) is 85.0 cm³/mol. The molecule has 19 heavy (non-hydrogen) atoms. The van der Waals surface area contributed by atoms with Gasteiger partial charge in [0, 0.05) is 29.2 Å². The Morgan fingerprint density at radius 1 is 1.42 bits per heavy atom. The number of fused-ring (bicyclic) bond motifs is 1. The minimum absolute atomic E-state index is 0.720. The van der Waals surface area contributed by atoms with Crippen LogP contribution < -0.4 is 10.2 Å². The van der Waals surface area contributed by atoms with E-state index in [1.165, 1.54) is 49.1 Å². The maximum Gasteiger partial charge on any atom is 0.0403 e. The molecule has 2 heterocycles. The standard InChI is InChI=1S/C16H23BrN2/c1-2-19-11-13(8-12-4-3-7-18-10-12)15-9-14(17)5-6-16(15)19/h5-6,9,12-13,18H,2-4,7-8,10-11H2,1H3. The second-order valence-electron chi connectivity index (χ2n) is 5.89. The van der Waals surface area contributed by atoms with Crippen LogP contribution >= 0.6 is 15.9 Å². The third-order valence-corrected chi connectivity index (χ3v) is 5.10. The first-order valence-electron chi connectivity index (χ1n) is 7.53. The van der Waals surface area contributed by atoms with Crippen molar-refractivity contribution in [3.05, 3.63) is 28.2 Å². The minimum Gasteiger partial charge on any atom is -0.371 e. The number of rotatable bonds is 3.